The number of nitrogens with zero attached hydrogens (tertiary/aromatic N) is 5. The lowest BCUT2D eigenvalue weighted by molar-refractivity contribution is -0.143. The number of amidine groups is 1. The van der Waals surface area contributed by atoms with E-state index in [1.807, 2.05) is 23.3 Å². The SMILES string of the molecule is NC1=NN2C(N)C1N2Nc1ccc2ncncc2c1. The highest BCUT2D eigenvalue weighted by Gasteiger charge is 2.53. The Morgan fingerprint density at radius 3 is 2.95 bits per heavy atom. The van der Waals surface area contributed by atoms with Gasteiger partial charge in [0.05, 0.1) is 11.2 Å². The van der Waals surface area contributed by atoms with Gasteiger partial charge in [-0.05, 0) is 18.2 Å². The molecule has 1 saturated heterocycles. The summed E-state index contributed by atoms with van der Waals surface area (Å²) in [6, 6.07) is 5.76. The normalized spacial score (nSPS) is 25.3. The predicted octanol–water partition coefficient (Wildman–Crippen LogP) is -0.571. The molecule has 2 aromatic rings. The molecule has 8 heteroatoms. The van der Waals surface area contributed by atoms with Crippen LogP contribution in [-0.4, -0.2) is 38.2 Å². The molecule has 0 amide bonds. The lowest BCUT2D eigenvalue weighted by Gasteiger charge is -2.46. The van der Waals surface area contributed by atoms with Gasteiger partial charge < -0.3 is 11.5 Å². The first kappa shape index (κ1) is 10.5. The van der Waals surface area contributed by atoms with Crippen LogP contribution in [0.15, 0.2) is 35.8 Å². The van der Waals surface area contributed by atoms with Crippen LogP contribution in [0, 0.1) is 0 Å². The number of fused-ring (bicyclic) bond motifs is 1. The summed E-state index contributed by atoms with van der Waals surface area (Å²) in [5.41, 5.74) is 16.7. The second-order valence-electron chi connectivity index (χ2n) is 4.53. The van der Waals surface area contributed by atoms with E-state index in [1.165, 1.54) is 6.33 Å². The van der Waals surface area contributed by atoms with E-state index in [0.717, 1.165) is 16.6 Å². The highest BCUT2D eigenvalue weighted by molar-refractivity contribution is 5.90. The number of hydrogen-bond donors (Lipinski definition) is 3. The number of nitrogens with one attached hydrogen (secondary N) is 1. The molecule has 0 aliphatic carbocycles. The average molecular weight is 256 g/mol. The Balaban J connectivity index is 1.60. The molecule has 1 aromatic carbocycles. The van der Waals surface area contributed by atoms with Crippen LogP contribution in [0.3, 0.4) is 0 Å². The van der Waals surface area contributed by atoms with Crippen molar-refractivity contribution in [3.8, 4) is 0 Å². The minimum atomic E-state index is -0.170. The molecule has 2 unspecified atom stereocenters. The van der Waals surface area contributed by atoms with Crippen molar-refractivity contribution in [1.82, 2.24) is 20.2 Å². The standard InChI is InChI=1S/C11H12N8/c12-10-9-11(13)19(17-10)18(9)16-7-1-2-8-6(3-7)4-14-5-15-8/h1-5,9,11,16H,13H2,(H2,12,17). The monoisotopic (exact) mass is 256 g/mol. The molecule has 4 heterocycles. The van der Waals surface area contributed by atoms with E-state index < -0.39 is 0 Å². The molecule has 96 valence electrons. The van der Waals surface area contributed by atoms with Crippen molar-refractivity contribution >= 4 is 22.4 Å². The molecule has 19 heavy (non-hydrogen) atoms. The van der Waals surface area contributed by atoms with Crippen LogP contribution in [0.1, 0.15) is 0 Å². The lowest BCUT2D eigenvalue weighted by atomic mass is 10.2. The van der Waals surface area contributed by atoms with Crippen molar-refractivity contribution < 1.29 is 0 Å². The molecule has 2 bridgehead atoms. The molecule has 5 rings (SSSR count). The van der Waals surface area contributed by atoms with Crippen molar-refractivity contribution in [2.45, 2.75) is 12.2 Å². The van der Waals surface area contributed by atoms with Gasteiger partial charge in [-0.25, -0.2) is 9.97 Å². The third-order valence-corrected chi connectivity index (χ3v) is 3.34. The number of benzene rings is 1. The van der Waals surface area contributed by atoms with E-state index in [2.05, 4.69) is 20.5 Å². The lowest BCUT2D eigenvalue weighted by Crippen LogP contribution is -2.72. The van der Waals surface area contributed by atoms with Gasteiger partial charge in [0.15, 0.2) is 0 Å². The summed E-state index contributed by atoms with van der Waals surface area (Å²) in [6.45, 7) is 0. The molecule has 2 atom stereocenters. The Bertz CT molecular complexity index is 683. The van der Waals surface area contributed by atoms with Crippen molar-refractivity contribution in [2.75, 3.05) is 5.43 Å². The van der Waals surface area contributed by atoms with Gasteiger partial charge in [-0.15, -0.1) is 10.2 Å². The maximum absolute atomic E-state index is 5.88. The van der Waals surface area contributed by atoms with E-state index in [4.69, 9.17) is 11.5 Å². The first-order valence-corrected chi connectivity index (χ1v) is 5.88. The van der Waals surface area contributed by atoms with E-state index >= 15 is 0 Å². The van der Waals surface area contributed by atoms with Gasteiger partial charge in [0, 0.05) is 11.6 Å². The quantitative estimate of drug-likeness (QED) is 0.660. The van der Waals surface area contributed by atoms with Crippen LogP contribution in [-0.2, 0) is 0 Å². The van der Waals surface area contributed by atoms with E-state index in [-0.39, 0.29) is 12.2 Å². The third-order valence-electron chi connectivity index (χ3n) is 3.34. The highest BCUT2D eigenvalue weighted by Crippen LogP contribution is 2.31. The molecule has 3 aliphatic rings. The molecule has 0 saturated carbocycles. The molecule has 0 radical (unpaired) electrons. The molecule has 8 nitrogen and oxygen atoms in total. The second-order valence-corrected chi connectivity index (χ2v) is 4.53. The molecular formula is C11H12N8. The predicted molar refractivity (Wildman–Crippen MR) is 70.2 cm³/mol. The zero-order chi connectivity index (χ0) is 13.0. The Labute approximate surface area is 108 Å². The zero-order valence-electron chi connectivity index (χ0n) is 9.93. The summed E-state index contributed by atoms with van der Waals surface area (Å²) < 4.78 is 0. The smallest absolute Gasteiger partial charge is 0.147 e. The number of hydrazine groups is 2. The minimum absolute atomic E-state index is 0.0808. The molecule has 5 N–H and O–H groups in total. The van der Waals surface area contributed by atoms with Gasteiger partial charge in [0.1, 0.15) is 24.4 Å². The van der Waals surface area contributed by atoms with E-state index in [1.54, 1.807) is 11.3 Å². The first-order valence-electron chi connectivity index (χ1n) is 5.88. The number of anilines is 1. The molecule has 3 aliphatic heterocycles. The van der Waals surface area contributed by atoms with Crippen LogP contribution in [0.5, 0.6) is 0 Å². The number of rotatable bonds is 2. The highest BCUT2D eigenvalue weighted by atomic mass is 16.0. The molecule has 1 aromatic heterocycles. The summed E-state index contributed by atoms with van der Waals surface area (Å²) in [4.78, 5) is 8.18. The van der Waals surface area contributed by atoms with Gasteiger partial charge in [-0.3, -0.25) is 5.43 Å². The number of nitrogens with two attached hydrogens (primary N) is 2. The van der Waals surface area contributed by atoms with Crippen molar-refractivity contribution in [3.05, 3.63) is 30.7 Å². The molecule has 1 fully saturated rings. The van der Waals surface area contributed by atoms with Gasteiger partial charge >= 0.3 is 0 Å². The molecule has 0 spiro atoms. The minimum Gasteiger partial charge on any atom is -0.384 e. The Morgan fingerprint density at radius 2 is 2.21 bits per heavy atom. The van der Waals surface area contributed by atoms with E-state index in [0.29, 0.717) is 5.84 Å². The Kier molecular flexibility index (Phi) is 1.94. The van der Waals surface area contributed by atoms with E-state index in [9.17, 15) is 0 Å². The van der Waals surface area contributed by atoms with Crippen LogP contribution in [0.25, 0.3) is 10.9 Å². The van der Waals surface area contributed by atoms with Crippen molar-refractivity contribution in [2.24, 2.45) is 16.6 Å². The average Bonchev–Trinajstić information content (AvgIpc) is 2.92. The van der Waals surface area contributed by atoms with Crippen LogP contribution in [0.2, 0.25) is 0 Å². The largest absolute Gasteiger partial charge is 0.384 e. The Morgan fingerprint density at radius 1 is 1.32 bits per heavy atom. The maximum Gasteiger partial charge on any atom is 0.147 e. The summed E-state index contributed by atoms with van der Waals surface area (Å²) in [5.74, 6) is 0.532. The first-order chi connectivity index (χ1) is 9.24. The zero-order valence-corrected chi connectivity index (χ0v) is 9.93. The summed E-state index contributed by atoms with van der Waals surface area (Å²) >= 11 is 0. The van der Waals surface area contributed by atoms with Crippen molar-refractivity contribution in [3.63, 3.8) is 0 Å². The van der Waals surface area contributed by atoms with Gasteiger partial charge in [-0.1, -0.05) is 0 Å². The summed E-state index contributed by atoms with van der Waals surface area (Å²) in [7, 11) is 0. The number of aromatic nitrogens is 2. The number of hydrazone groups is 1. The second kappa shape index (κ2) is 3.53. The topological polar surface area (TPSA) is 109 Å². The van der Waals surface area contributed by atoms with Gasteiger partial charge in [0.25, 0.3) is 0 Å². The molecular weight excluding hydrogens is 244 g/mol. The fourth-order valence-corrected chi connectivity index (χ4v) is 2.37. The van der Waals surface area contributed by atoms with Crippen LogP contribution in [0.4, 0.5) is 5.69 Å². The van der Waals surface area contributed by atoms with Crippen LogP contribution < -0.4 is 16.9 Å². The maximum atomic E-state index is 5.88. The van der Waals surface area contributed by atoms with Gasteiger partial charge in [0.2, 0.25) is 0 Å². The third kappa shape index (κ3) is 1.38. The van der Waals surface area contributed by atoms with Crippen LogP contribution >= 0.6 is 0 Å². The summed E-state index contributed by atoms with van der Waals surface area (Å²) in [5, 5.41) is 8.53. The van der Waals surface area contributed by atoms with Crippen molar-refractivity contribution in [1.29, 1.82) is 0 Å². The van der Waals surface area contributed by atoms with Gasteiger partial charge in [-0.2, -0.15) is 5.12 Å². The Hall–Kier alpha value is -2.45. The summed E-state index contributed by atoms with van der Waals surface area (Å²) in [6.07, 6.45) is 3.13. The fourth-order valence-electron chi connectivity index (χ4n) is 2.37. The number of hydrogen-bond acceptors (Lipinski definition) is 8. The fraction of sp³-hybridized carbons (Fsp3) is 0.182.